The fraction of sp³-hybridized carbons (Fsp3) is 0.238. The van der Waals surface area contributed by atoms with Crippen LogP contribution in [0, 0.1) is 6.92 Å². The van der Waals surface area contributed by atoms with Crippen molar-refractivity contribution in [3.05, 3.63) is 74.8 Å². The van der Waals surface area contributed by atoms with Crippen LogP contribution in [-0.2, 0) is 11.3 Å². The highest BCUT2D eigenvalue weighted by atomic mass is 35.5. The molecule has 0 unspecified atom stereocenters. The highest BCUT2D eigenvalue weighted by Crippen LogP contribution is 2.15. The van der Waals surface area contributed by atoms with E-state index in [1.54, 1.807) is 30.3 Å². The number of aromatic nitrogens is 2. The molecule has 7 nitrogen and oxygen atoms in total. The molecule has 0 saturated carbocycles. The predicted octanol–water partition coefficient (Wildman–Crippen LogP) is 2.66. The molecule has 0 aliphatic carbocycles. The van der Waals surface area contributed by atoms with Gasteiger partial charge in [-0.05, 0) is 44.2 Å². The van der Waals surface area contributed by atoms with Gasteiger partial charge in [-0.25, -0.2) is 4.98 Å². The van der Waals surface area contributed by atoms with Gasteiger partial charge in [-0.3, -0.25) is 14.4 Å². The summed E-state index contributed by atoms with van der Waals surface area (Å²) in [6.07, 6.45) is 0. The number of fused-ring (bicyclic) bond motifs is 1. The second-order valence-electron chi connectivity index (χ2n) is 6.63. The van der Waals surface area contributed by atoms with Crippen molar-refractivity contribution in [1.82, 2.24) is 20.2 Å². The SMILES string of the molecule is CCN(Cc1nc2cc(Cl)ccc2c(=O)[nH]1)C(=O)CNC(=O)c1ccc(C)cc1. The molecular formula is C21H21ClN4O3. The highest BCUT2D eigenvalue weighted by Gasteiger charge is 2.16. The number of hydrogen-bond donors (Lipinski definition) is 2. The first-order valence-electron chi connectivity index (χ1n) is 9.18. The molecule has 2 aromatic carbocycles. The summed E-state index contributed by atoms with van der Waals surface area (Å²) >= 11 is 5.98. The van der Waals surface area contributed by atoms with Crippen molar-refractivity contribution < 1.29 is 9.59 Å². The summed E-state index contributed by atoms with van der Waals surface area (Å²) in [7, 11) is 0. The Morgan fingerprint density at radius 3 is 2.59 bits per heavy atom. The number of rotatable bonds is 6. The van der Waals surface area contributed by atoms with Gasteiger partial charge in [0.1, 0.15) is 5.82 Å². The van der Waals surface area contributed by atoms with Crippen LogP contribution in [0.15, 0.2) is 47.3 Å². The first-order chi connectivity index (χ1) is 13.9. The first kappa shape index (κ1) is 20.5. The molecule has 0 aliphatic rings. The van der Waals surface area contributed by atoms with Crippen molar-refractivity contribution in [2.24, 2.45) is 0 Å². The summed E-state index contributed by atoms with van der Waals surface area (Å²) in [4.78, 5) is 45.6. The molecule has 2 amide bonds. The first-order valence-corrected chi connectivity index (χ1v) is 9.56. The van der Waals surface area contributed by atoms with E-state index in [0.29, 0.717) is 33.9 Å². The van der Waals surface area contributed by atoms with Crippen LogP contribution in [0.5, 0.6) is 0 Å². The molecular weight excluding hydrogens is 392 g/mol. The van der Waals surface area contributed by atoms with E-state index in [0.717, 1.165) is 5.56 Å². The Hall–Kier alpha value is -3.19. The number of hydrogen-bond acceptors (Lipinski definition) is 4. The van der Waals surface area contributed by atoms with Gasteiger partial charge in [0.05, 0.1) is 24.0 Å². The predicted molar refractivity (Wildman–Crippen MR) is 112 cm³/mol. The number of aryl methyl sites for hydroxylation is 1. The Balaban J connectivity index is 1.68. The monoisotopic (exact) mass is 412 g/mol. The van der Waals surface area contributed by atoms with Gasteiger partial charge >= 0.3 is 0 Å². The average molecular weight is 413 g/mol. The molecule has 8 heteroatoms. The summed E-state index contributed by atoms with van der Waals surface area (Å²) in [6, 6.07) is 11.9. The number of likely N-dealkylation sites (N-methyl/N-ethyl adjacent to an activating group) is 1. The van der Waals surface area contributed by atoms with Crippen molar-refractivity contribution >= 4 is 34.3 Å². The molecule has 3 aromatic rings. The lowest BCUT2D eigenvalue weighted by molar-refractivity contribution is -0.130. The van der Waals surface area contributed by atoms with Crippen LogP contribution in [-0.4, -0.2) is 39.8 Å². The lowest BCUT2D eigenvalue weighted by atomic mass is 10.1. The molecule has 1 aromatic heterocycles. The number of amides is 2. The third-order valence-electron chi connectivity index (χ3n) is 4.51. The van der Waals surface area contributed by atoms with Crippen LogP contribution in [0.25, 0.3) is 10.9 Å². The molecule has 1 heterocycles. The van der Waals surface area contributed by atoms with Crippen molar-refractivity contribution in [2.75, 3.05) is 13.1 Å². The van der Waals surface area contributed by atoms with Gasteiger partial charge in [0.2, 0.25) is 5.91 Å². The second-order valence-corrected chi connectivity index (χ2v) is 7.07. The Bertz CT molecular complexity index is 1110. The second kappa shape index (κ2) is 8.87. The number of aromatic amines is 1. The molecule has 2 N–H and O–H groups in total. The van der Waals surface area contributed by atoms with E-state index in [4.69, 9.17) is 11.6 Å². The minimum atomic E-state index is -0.318. The number of H-pyrrole nitrogens is 1. The van der Waals surface area contributed by atoms with Gasteiger partial charge in [-0.2, -0.15) is 0 Å². The molecule has 150 valence electrons. The summed E-state index contributed by atoms with van der Waals surface area (Å²) < 4.78 is 0. The Morgan fingerprint density at radius 2 is 1.90 bits per heavy atom. The number of carbonyl (C=O) groups excluding carboxylic acids is 2. The third kappa shape index (κ3) is 5.00. The molecule has 0 spiro atoms. The maximum atomic E-state index is 12.5. The summed E-state index contributed by atoms with van der Waals surface area (Å²) in [5, 5.41) is 3.53. The van der Waals surface area contributed by atoms with Gasteiger partial charge in [0, 0.05) is 17.1 Å². The van der Waals surface area contributed by atoms with Crippen LogP contribution in [0.2, 0.25) is 5.02 Å². The molecule has 0 atom stereocenters. The zero-order valence-electron chi connectivity index (χ0n) is 16.2. The van der Waals surface area contributed by atoms with Gasteiger partial charge in [0.25, 0.3) is 11.5 Å². The Kier molecular flexibility index (Phi) is 6.29. The molecule has 0 saturated heterocycles. The Labute approximate surface area is 172 Å². The minimum absolute atomic E-state index is 0.118. The Morgan fingerprint density at radius 1 is 1.17 bits per heavy atom. The normalized spacial score (nSPS) is 10.7. The van der Waals surface area contributed by atoms with Crippen LogP contribution < -0.4 is 10.9 Å². The standard InChI is InChI=1S/C21H21ClN4O3/c1-3-26(19(27)11-23-20(28)14-6-4-13(2)5-7-14)12-18-24-17-10-15(22)8-9-16(17)21(29)25-18/h4-10H,3,11-12H2,1-2H3,(H,23,28)(H,24,25,29). The van der Waals surface area contributed by atoms with Gasteiger partial charge in [-0.1, -0.05) is 29.3 Å². The van der Waals surface area contributed by atoms with Crippen molar-refractivity contribution in [1.29, 1.82) is 0 Å². The number of carbonyl (C=O) groups is 2. The van der Waals surface area contributed by atoms with E-state index >= 15 is 0 Å². The van der Waals surface area contributed by atoms with E-state index in [9.17, 15) is 14.4 Å². The number of halogens is 1. The quantitative estimate of drug-likeness (QED) is 0.650. The van der Waals surface area contributed by atoms with E-state index in [1.165, 1.54) is 4.90 Å². The number of nitrogens with zero attached hydrogens (tertiary/aromatic N) is 2. The lowest BCUT2D eigenvalue weighted by Crippen LogP contribution is -2.40. The maximum Gasteiger partial charge on any atom is 0.258 e. The fourth-order valence-electron chi connectivity index (χ4n) is 2.87. The molecule has 0 fully saturated rings. The maximum absolute atomic E-state index is 12.5. The van der Waals surface area contributed by atoms with Crippen LogP contribution in [0.4, 0.5) is 0 Å². The molecule has 0 bridgehead atoms. The van der Waals surface area contributed by atoms with Crippen molar-refractivity contribution in [3.63, 3.8) is 0 Å². The molecule has 0 radical (unpaired) electrons. The van der Waals surface area contributed by atoms with Crippen LogP contribution in [0.3, 0.4) is 0 Å². The summed E-state index contributed by atoms with van der Waals surface area (Å²) in [6.45, 7) is 4.12. The van der Waals surface area contributed by atoms with Crippen LogP contribution in [0.1, 0.15) is 28.7 Å². The molecule has 29 heavy (non-hydrogen) atoms. The molecule has 0 aliphatic heterocycles. The minimum Gasteiger partial charge on any atom is -0.343 e. The van der Waals surface area contributed by atoms with Gasteiger partial charge in [-0.15, -0.1) is 0 Å². The van der Waals surface area contributed by atoms with E-state index in [1.807, 2.05) is 26.0 Å². The van der Waals surface area contributed by atoms with Gasteiger partial charge in [0.15, 0.2) is 0 Å². The van der Waals surface area contributed by atoms with E-state index < -0.39 is 0 Å². The smallest absolute Gasteiger partial charge is 0.258 e. The van der Waals surface area contributed by atoms with E-state index in [2.05, 4.69) is 15.3 Å². The summed E-state index contributed by atoms with van der Waals surface area (Å²) in [5.41, 5.74) is 1.71. The highest BCUT2D eigenvalue weighted by molar-refractivity contribution is 6.31. The van der Waals surface area contributed by atoms with Crippen molar-refractivity contribution in [3.8, 4) is 0 Å². The van der Waals surface area contributed by atoms with Gasteiger partial charge < -0.3 is 15.2 Å². The molecule has 3 rings (SSSR count). The zero-order chi connectivity index (χ0) is 21.0. The number of nitrogens with one attached hydrogen (secondary N) is 2. The summed E-state index contributed by atoms with van der Waals surface area (Å²) in [5.74, 6) is -0.243. The van der Waals surface area contributed by atoms with Crippen molar-refractivity contribution in [2.45, 2.75) is 20.4 Å². The third-order valence-corrected chi connectivity index (χ3v) is 4.74. The zero-order valence-corrected chi connectivity index (χ0v) is 16.9. The fourth-order valence-corrected chi connectivity index (χ4v) is 3.03. The topological polar surface area (TPSA) is 95.2 Å². The number of benzene rings is 2. The lowest BCUT2D eigenvalue weighted by Gasteiger charge is -2.20. The average Bonchev–Trinajstić information content (AvgIpc) is 2.70. The van der Waals surface area contributed by atoms with Crippen LogP contribution >= 0.6 is 11.6 Å². The largest absolute Gasteiger partial charge is 0.343 e. The van der Waals surface area contributed by atoms with E-state index in [-0.39, 0.29) is 30.5 Å².